The zero-order valence-electron chi connectivity index (χ0n) is 11.2. The van der Waals surface area contributed by atoms with E-state index in [9.17, 15) is 19.3 Å². The summed E-state index contributed by atoms with van der Waals surface area (Å²) < 4.78 is 14.8. The van der Waals surface area contributed by atoms with Gasteiger partial charge in [-0.1, -0.05) is 0 Å². The SMILES string of the molecule is Cc1cnn(CCNC(=O)c2ccc(F)c([N+](=O)[O-])c2)c1. The molecule has 0 saturated carbocycles. The molecular weight excluding hydrogens is 279 g/mol. The number of rotatable bonds is 5. The van der Waals surface area contributed by atoms with E-state index in [2.05, 4.69) is 10.4 Å². The van der Waals surface area contributed by atoms with Crippen LogP contribution in [-0.2, 0) is 6.54 Å². The van der Waals surface area contributed by atoms with Crippen LogP contribution in [0, 0.1) is 22.9 Å². The van der Waals surface area contributed by atoms with Gasteiger partial charge in [0.05, 0.1) is 17.7 Å². The molecule has 0 aliphatic heterocycles. The fraction of sp³-hybridized carbons (Fsp3) is 0.231. The summed E-state index contributed by atoms with van der Waals surface area (Å²) in [5.41, 5.74) is 0.334. The molecule has 0 aliphatic carbocycles. The maximum atomic E-state index is 13.2. The number of hydrogen-bond donors (Lipinski definition) is 1. The number of nitrogens with zero attached hydrogens (tertiary/aromatic N) is 3. The molecule has 7 nitrogen and oxygen atoms in total. The molecule has 0 aliphatic rings. The summed E-state index contributed by atoms with van der Waals surface area (Å²) in [7, 11) is 0. The van der Waals surface area contributed by atoms with Gasteiger partial charge in [-0.15, -0.1) is 0 Å². The van der Waals surface area contributed by atoms with E-state index in [4.69, 9.17) is 0 Å². The molecule has 0 radical (unpaired) electrons. The summed E-state index contributed by atoms with van der Waals surface area (Å²) in [4.78, 5) is 21.6. The number of nitrogens with one attached hydrogen (secondary N) is 1. The third-order valence-electron chi connectivity index (χ3n) is 2.79. The van der Waals surface area contributed by atoms with Crippen molar-refractivity contribution in [1.82, 2.24) is 15.1 Å². The van der Waals surface area contributed by atoms with E-state index in [-0.39, 0.29) is 5.56 Å². The first-order chi connectivity index (χ1) is 9.97. The summed E-state index contributed by atoms with van der Waals surface area (Å²) in [5, 5.41) is 17.3. The Morgan fingerprint density at radius 3 is 2.90 bits per heavy atom. The minimum absolute atomic E-state index is 0.0414. The highest BCUT2D eigenvalue weighted by Gasteiger charge is 2.17. The molecule has 2 aromatic rings. The highest BCUT2D eigenvalue weighted by molar-refractivity contribution is 5.94. The Labute approximate surface area is 119 Å². The van der Waals surface area contributed by atoms with Crippen molar-refractivity contribution in [1.29, 1.82) is 0 Å². The molecule has 1 aromatic carbocycles. The second-order valence-corrected chi connectivity index (χ2v) is 4.46. The van der Waals surface area contributed by atoms with E-state index in [0.29, 0.717) is 13.1 Å². The molecule has 2 rings (SSSR count). The Hall–Kier alpha value is -2.77. The van der Waals surface area contributed by atoms with Crippen molar-refractivity contribution in [2.75, 3.05) is 6.54 Å². The standard InChI is InChI=1S/C13H13FN4O3/c1-9-7-16-17(8-9)5-4-15-13(19)10-2-3-11(14)12(6-10)18(20)21/h2-3,6-8H,4-5H2,1H3,(H,15,19). The summed E-state index contributed by atoms with van der Waals surface area (Å²) in [6.07, 6.45) is 3.53. The second-order valence-electron chi connectivity index (χ2n) is 4.46. The van der Waals surface area contributed by atoms with E-state index in [1.165, 1.54) is 6.07 Å². The van der Waals surface area contributed by atoms with Crippen LogP contribution in [0.4, 0.5) is 10.1 Å². The minimum atomic E-state index is -0.969. The van der Waals surface area contributed by atoms with Gasteiger partial charge >= 0.3 is 5.69 Å². The maximum absolute atomic E-state index is 13.2. The Morgan fingerprint density at radius 1 is 1.52 bits per heavy atom. The van der Waals surface area contributed by atoms with Crippen LogP contribution >= 0.6 is 0 Å². The Balaban J connectivity index is 1.97. The van der Waals surface area contributed by atoms with Crippen LogP contribution in [0.5, 0.6) is 0 Å². The Morgan fingerprint density at radius 2 is 2.29 bits per heavy atom. The summed E-state index contributed by atoms with van der Waals surface area (Å²) >= 11 is 0. The van der Waals surface area contributed by atoms with Crippen molar-refractivity contribution in [3.8, 4) is 0 Å². The normalized spacial score (nSPS) is 10.4. The number of nitro benzene ring substituents is 1. The van der Waals surface area contributed by atoms with E-state index in [0.717, 1.165) is 17.7 Å². The van der Waals surface area contributed by atoms with Crippen LogP contribution in [0.3, 0.4) is 0 Å². The summed E-state index contributed by atoms with van der Waals surface area (Å²) in [6, 6.07) is 3.03. The first kappa shape index (κ1) is 14.6. The van der Waals surface area contributed by atoms with Crippen LogP contribution in [0.1, 0.15) is 15.9 Å². The highest BCUT2D eigenvalue weighted by Crippen LogP contribution is 2.18. The predicted octanol–water partition coefficient (Wildman–Crippen LogP) is 1.67. The Kier molecular flexibility index (Phi) is 4.27. The largest absolute Gasteiger partial charge is 0.350 e. The van der Waals surface area contributed by atoms with Gasteiger partial charge in [-0.3, -0.25) is 19.6 Å². The molecule has 110 valence electrons. The molecule has 0 fully saturated rings. The molecule has 21 heavy (non-hydrogen) atoms. The number of carbonyl (C=O) groups is 1. The summed E-state index contributed by atoms with van der Waals surface area (Å²) in [6.45, 7) is 2.69. The molecule has 8 heteroatoms. The lowest BCUT2D eigenvalue weighted by atomic mass is 10.2. The van der Waals surface area contributed by atoms with Gasteiger partial charge in [0.2, 0.25) is 5.82 Å². The van der Waals surface area contributed by atoms with Crippen LogP contribution in [0.2, 0.25) is 0 Å². The molecule has 0 unspecified atom stereocenters. The molecular formula is C13H13FN4O3. The predicted molar refractivity (Wildman–Crippen MR) is 72.4 cm³/mol. The molecule has 0 atom stereocenters. The lowest BCUT2D eigenvalue weighted by Crippen LogP contribution is -2.27. The molecule has 1 aromatic heterocycles. The molecule has 1 heterocycles. The third kappa shape index (κ3) is 3.62. The second kappa shape index (κ2) is 6.12. The van der Waals surface area contributed by atoms with Gasteiger partial charge in [0, 0.05) is 24.4 Å². The van der Waals surface area contributed by atoms with Crippen molar-refractivity contribution >= 4 is 11.6 Å². The van der Waals surface area contributed by atoms with E-state index >= 15 is 0 Å². The average Bonchev–Trinajstić information content (AvgIpc) is 2.84. The van der Waals surface area contributed by atoms with Crippen LogP contribution < -0.4 is 5.32 Å². The van der Waals surface area contributed by atoms with Gasteiger partial charge in [-0.25, -0.2) is 0 Å². The van der Waals surface area contributed by atoms with E-state index < -0.39 is 22.3 Å². The van der Waals surface area contributed by atoms with Crippen LogP contribution in [-0.4, -0.2) is 27.2 Å². The number of aryl methyl sites for hydroxylation is 1. The molecule has 1 N–H and O–H groups in total. The van der Waals surface area contributed by atoms with Crippen molar-refractivity contribution < 1.29 is 14.1 Å². The number of benzene rings is 1. The number of halogens is 1. The van der Waals surface area contributed by atoms with Crippen molar-refractivity contribution in [2.24, 2.45) is 0 Å². The van der Waals surface area contributed by atoms with Crippen molar-refractivity contribution in [2.45, 2.75) is 13.5 Å². The summed E-state index contributed by atoms with van der Waals surface area (Å²) in [5.74, 6) is -1.47. The molecule has 0 saturated heterocycles. The van der Waals surface area contributed by atoms with Gasteiger partial charge < -0.3 is 5.32 Å². The number of carbonyl (C=O) groups excluding carboxylic acids is 1. The first-order valence-corrected chi connectivity index (χ1v) is 6.18. The quantitative estimate of drug-likeness (QED) is 0.670. The van der Waals surface area contributed by atoms with Crippen molar-refractivity contribution in [3.63, 3.8) is 0 Å². The third-order valence-corrected chi connectivity index (χ3v) is 2.79. The van der Waals surface area contributed by atoms with Gasteiger partial charge in [0.1, 0.15) is 0 Å². The van der Waals surface area contributed by atoms with Gasteiger partial charge in [-0.05, 0) is 24.6 Å². The number of aromatic nitrogens is 2. The zero-order valence-corrected chi connectivity index (χ0v) is 11.2. The van der Waals surface area contributed by atoms with Crippen LogP contribution in [0.15, 0.2) is 30.6 Å². The van der Waals surface area contributed by atoms with Crippen molar-refractivity contribution in [3.05, 3.63) is 57.7 Å². The van der Waals surface area contributed by atoms with Crippen LogP contribution in [0.25, 0.3) is 0 Å². The molecule has 0 bridgehead atoms. The van der Waals surface area contributed by atoms with E-state index in [1.807, 2.05) is 13.1 Å². The molecule has 1 amide bonds. The number of nitro groups is 1. The fourth-order valence-corrected chi connectivity index (χ4v) is 1.77. The topological polar surface area (TPSA) is 90.1 Å². The number of hydrogen-bond acceptors (Lipinski definition) is 4. The first-order valence-electron chi connectivity index (χ1n) is 6.18. The number of amides is 1. The Bertz CT molecular complexity index is 684. The monoisotopic (exact) mass is 292 g/mol. The van der Waals surface area contributed by atoms with Gasteiger partial charge in [-0.2, -0.15) is 9.49 Å². The lowest BCUT2D eigenvalue weighted by molar-refractivity contribution is -0.387. The zero-order chi connectivity index (χ0) is 15.4. The smallest absolute Gasteiger partial charge is 0.305 e. The minimum Gasteiger partial charge on any atom is -0.350 e. The fourth-order valence-electron chi connectivity index (χ4n) is 1.77. The lowest BCUT2D eigenvalue weighted by Gasteiger charge is -2.05. The van der Waals surface area contributed by atoms with E-state index in [1.54, 1.807) is 10.9 Å². The average molecular weight is 292 g/mol. The molecule has 0 spiro atoms. The van der Waals surface area contributed by atoms with Gasteiger partial charge in [0.15, 0.2) is 0 Å². The highest BCUT2D eigenvalue weighted by atomic mass is 19.1. The van der Waals surface area contributed by atoms with Gasteiger partial charge in [0.25, 0.3) is 5.91 Å². The maximum Gasteiger partial charge on any atom is 0.305 e.